The molecule has 2 heterocycles. The minimum atomic E-state index is -3.67. The highest BCUT2D eigenvalue weighted by Gasteiger charge is 2.41. The van der Waals surface area contributed by atoms with Crippen LogP contribution >= 0.6 is 0 Å². The van der Waals surface area contributed by atoms with E-state index in [2.05, 4.69) is 13.8 Å². The number of hydrogen-bond acceptors (Lipinski definition) is 4. The third-order valence-corrected chi connectivity index (χ3v) is 7.40. The summed E-state index contributed by atoms with van der Waals surface area (Å²) in [6, 6.07) is 6.52. The molecule has 144 valence electrons. The van der Waals surface area contributed by atoms with Crippen molar-refractivity contribution in [2.45, 2.75) is 50.0 Å². The van der Waals surface area contributed by atoms with Gasteiger partial charge < -0.3 is 9.64 Å². The van der Waals surface area contributed by atoms with E-state index in [9.17, 15) is 13.2 Å². The predicted octanol–water partition coefficient (Wildman–Crippen LogP) is 2.21. The Morgan fingerprint density at radius 3 is 2.46 bits per heavy atom. The lowest BCUT2D eigenvalue weighted by Crippen LogP contribution is -2.50. The summed E-state index contributed by atoms with van der Waals surface area (Å²) in [6.07, 6.45) is 2.31. The second-order valence-corrected chi connectivity index (χ2v) is 8.98. The smallest absolute Gasteiger partial charge is 0.243 e. The van der Waals surface area contributed by atoms with E-state index in [1.54, 1.807) is 17.0 Å². The molecule has 0 bridgehead atoms. The number of nitrogens with zero attached hydrogens (tertiary/aromatic N) is 2. The lowest BCUT2D eigenvalue weighted by molar-refractivity contribution is -0.138. The molecular weight excluding hydrogens is 352 g/mol. The van der Waals surface area contributed by atoms with Crippen LogP contribution in [0.3, 0.4) is 0 Å². The van der Waals surface area contributed by atoms with E-state index in [1.807, 2.05) is 12.1 Å². The number of morpholine rings is 1. The number of ether oxygens (including phenoxy) is 1. The van der Waals surface area contributed by atoms with Gasteiger partial charge in [0, 0.05) is 19.6 Å². The first-order valence-corrected chi connectivity index (χ1v) is 10.9. The van der Waals surface area contributed by atoms with Crippen molar-refractivity contribution in [1.29, 1.82) is 0 Å². The van der Waals surface area contributed by atoms with Gasteiger partial charge in [-0.05, 0) is 42.9 Å². The third-order valence-electron chi connectivity index (χ3n) is 5.48. The molecule has 0 saturated carbocycles. The number of benzene rings is 1. The van der Waals surface area contributed by atoms with Crippen LogP contribution < -0.4 is 0 Å². The first kappa shape index (κ1) is 19.3. The Labute approximate surface area is 156 Å². The summed E-state index contributed by atoms with van der Waals surface area (Å²) >= 11 is 0. The zero-order valence-electron chi connectivity index (χ0n) is 15.6. The van der Waals surface area contributed by atoms with Crippen molar-refractivity contribution in [2.75, 3.05) is 32.8 Å². The van der Waals surface area contributed by atoms with Gasteiger partial charge in [0.15, 0.2) is 0 Å². The highest BCUT2D eigenvalue weighted by molar-refractivity contribution is 7.89. The average molecular weight is 381 g/mol. The molecule has 1 aromatic carbocycles. The van der Waals surface area contributed by atoms with Crippen LogP contribution in [0.2, 0.25) is 0 Å². The molecule has 2 fully saturated rings. The van der Waals surface area contributed by atoms with E-state index in [0.717, 1.165) is 12.0 Å². The maximum absolute atomic E-state index is 13.1. The van der Waals surface area contributed by atoms with E-state index in [0.29, 0.717) is 51.6 Å². The summed E-state index contributed by atoms with van der Waals surface area (Å²) in [6.45, 7) is 6.74. The molecule has 1 aromatic rings. The molecule has 6 nitrogen and oxygen atoms in total. The molecule has 0 N–H and O–H groups in total. The maximum Gasteiger partial charge on any atom is 0.243 e. The molecule has 3 rings (SSSR count). The molecule has 0 spiro atoms. The van der Waals surface area contributed by atoms with Gasteiger partial charge in [-0.15, -0.1) is 0 Å². The minimum absolute atomic E-state index is 0.0920. The van der Waals surface area contributed by atoms with Crippen molar-refractivity contribution in [1.82, 2.24) is 9.21 Å². The molecule has 0 radical (unpaired) electrons. The van der Waals surface area contributed by atoms with Crippen molar-refractivity contribution >= 4 is 15.9 Å². The van der Waals surface area contributed by atoms with Crippen LogP contribution in [-0.4, -0.2) is 62.4 Å². The van der Waals surface area contributed by atoms with Crippen LogP contribution in [0, 0.1) is 0 Å². The lowest BCUT2D eigenvalue weighted by Gasteiger charge is -2.32. The molecule has 0 aromatic heterocycles. The fourth-order valence-electron chi connectivity index (χ4n) is 3.61. The van der Waals surface area contributed by atoms with Gasteiger partial charge in [0.2, 0.25) is 15.9 Å². The Bertz CT molecular complexity index is 726. The Morgan fingerprint density at radius 1 is 1.19 bits per heavy atom. The topological polar surface area (TPSA) is 66.9 Å². The summed E-state index contributed by atoms with van der Waals surface area (Å²) in [4.78, 5) is 14.8. The summed E-state index contributed by atoms with van der Waals surface area (Å²) < 4.78 is 32.9. The quantitative estimate of drug-likeness (QED) is 0.786. The monoisotopic (exact) mass is 380 g/mol. The van der Waals surface area contributed by atoms with Gasteiger partial charge >= 0.3 is 0 Å². The first-order chi connectivity index (χ1) is 12.4. The molecule has 2 aliphatic heterocycles. The average Bonchev–Trinajstić information content (AvgIpc) is 3.18. The summed E-state index contributed by atoms with van der Waals surface area (Å²) in [5, 5.41) is 0. The van der Waals surface area contributed by atoms with Crippen LogP contribution in [0.4, 0.5) is 0 Å². The number of rotatable bonds is 5. The molecule has 1 amide bonds. The number of carbonyl (C=O) groups is 1. The van der Waals surface area contributed by atoms with Crippen molar-refractivity contribution in [3.63, 3.8) is 0 Å². The summed E-state index contributed by atoms with van der Waals surface area (Å²) in [7, 11) is -3.67. The zero-order valence-corrected chi connectivity index (χ0v) is 16.4. The van der Waals surface area contributed by atoms with Crippen molar-refractivity contribution in [2.24, 2.45) is 0 Å². The van der Waals surface area contributed by atoms with Crippen LogP contribution in [0.25, 0.3) is 0 Å². The minimum Gasteiger partial charge on any atom is -0.378 e. The fourth-order valence-corrected chi connectivity index (χ4v) is 5.26. The Balaban J connectivity index is 1.80. The van der Waals surface area contributed by atoms with Gasteiger partial charge in [-0.2, -0.15) is 4.31 Å². The van der Waals surface area contributed by atoms with Gasteiger partial charge in [-0.3, -0.25) is 4.79 Å². The van der Waals surface area contributed by atoms with Gasteiger partial charge in [-0.25, -0.2) is 8.42 Å². The van der Waals surface area contributed by atoms with E-state index in [-0.39, 0.29) is 10.8 Å². The fraction of sp³-hybridized carbons (Fsp3) is 0.632. The van der Waals surface area contributed by atoms with E-state index >= 15 is 0 Å². The number of sulfonamides is 1. The van der Waals surface area contributed by atoms with Crippen LogP contribution in [0.15, 0.2) is 29.2 Å². The molecule has 2 atom stereocenters. The normalized spacial score (nSPS) is 23.2. The van der Waals surface area contributed by atoms with Crippen LogP contribution in [0.5, 0.6) is 0 Å². The predicted molar refractivity (Wildman–Crippen MR) is 99.5 cm³/mol. The maximum atomic E-state index is 13.1. The third kappa shape index (κ3) is 3.80. The van der Waals surface area contributed by atoms with Crippen molar-refractivity contribution in [3.05, 3.63) is 29.8 Å². The molecular formula is C19H28N2O4S. The SMILES string of the molecule is CCC(C)c1ccc(S(=O)(=O)N2CCCC2C(=O)N2CCOCC2)cc1. The largest absolute Gasteiger partial charge is 0.378 e. The molecule has 0 aliphatic carbocycles. The second-order valence-electron chi connectivity index (χ2n) is 7.09. The van der Waals surface area contributed by atoms with Crippen molar-refractivity contribution in [3.8, 4) is 0 Å². The molecule has 2 aliphatic rings. The van der Waals surface area contributed by atoms with Crippen molar-refractivity contribution < 1.29 is 17.9 Å². The first-order valence-electron chi connectivity index (χ1n) is 9.43. The van der Waals surface area contributed by atoms with Crippen LogP contribution in [-0.2, 0) is 19.6 Å². The summed E-state index contributed by atoms with van der Waals surface area (Å²) in [5.74, 6) is 0.305. The van der Waals surface area contributed by atoms with E-state index in [4.69, 9.17) is 4.74 Å². The van der Waals surface area contributed by atoms with E-state index < -0.39 is 16.1 Å². The zero-order chi connectivity index (χ0) is 18.7. The lowest BCUT2D eigenvalue weighted by atomic mass is 9.99. The Kier molecular flexibility index (Phi) is 5.99. The molecule has 2 saturated heterocycles. The Hall–Kier alpha value is -1.44. The standard InChI is InChI=1S/C19H28N2O4S/c1-3-15(2)16-6-8-17(9-7-16)26(23,24)21-10-4-5-18(21)19(22)20-11-13-25-14-12-20/h6-9,15,18H,3-5,10-14H2,1-2H3. The van der Waals surface area contributed by atoms with Gasteiger partial charge in [-0.1, -0.05) is 26.0 Å². The Morgan fingerprint density at radius 2 is 1.85 bits per heavy atom. The van der Waals surface area contributed by atoms with Crippen LogP contribution in [0.1, 0.15) is 44.6 Å². The molecule has 26 heavy (non-hydrogen) atoms. The molecule has 7 heteroatoms. The summed E-state index contributed by atoms with van der Waals surface area (Å²) in [5.41, 5.74) is 1.13. The molecule has 2 unspecified atom stereocenters. The van der Waals surface area contributed by atoms with Gasteiger partial charge in [0.25, 0.3) is 0 Å². The van der Waals surface area contributed by atoms with Gasteiger partial charge in [0.1, 0.15) is 6.04 Å². The van der Waals surface area contributed by atoms with E-state index in [1.165, 1.54) is 4.31 Å². The van der Waals surface area contributed by atoms with Gasteiger partial charge in [0.05, 0.1) is 18.1 Å². The second kappa shape index (κ2) is 8.06. The highest BCUT2D eigenvalue weighted by atomic mass is 32.2. The number of amides is 1. The number of hydrogen-bond donors (Lipinski definition) is 0. The number of carbonyl (C=O) groups excluding carboxylic acids is 1. The highest BCUT2D eigenvalue weighted by Crippen LogP contribution is 2.29.